The van der Waals surface area contributed by atoms with Crippen molar-refractivity contribution >= 4 is 37.6 Å². The first-order valence-corrected chi connectivity index (χ1v) is 12.1. The Morgan fingerprint density at radius 2 is 1.79 bits per heavy atom. The van der Waals surface area contributed by atoms with E-state index in [9.17, 15) is 0 Å². The Kier molecular flexibility index (Phi) is 4.18. The second kappa shape index (κ2) is 7.36. The molecule has 0 spiro atoms. The lowest BCUT2D eigenvalue weighted by Gasteiger charge is -2.27. The van der Waals surface area contributed by atoms with Crippen LogP contribution in [0.25, 0.3) is 37.4 Å². The van der Waals surface area contributed by atoms with Crippen LogP contribution < -0.4 is 10.1 Å². The second-order valence-electron chi connectivity index (χ2n) is 8.60. The fraction of sp³-hybridized carbons (Fsp3) is 0.0667. The molecular weight excluding hydrogens is 422 g/mol. The molecule has 0 saturated carbocycles. The maximum atomic E-state index is 6.41. The van der Waals surface area contributed by atoms with Crippen molar-refractivity contribution in [1.29, 1.82) is 0 Å². The zero-order chi connectivity index (χ0) is 21.8. The molecule has 0 saturated heterocycles. The summed E-state index contributed by atoms with van der Waals surface area (Å²) in [5.41, 5.74) is 6.07. The summed E-state index contributed by atoms with van der Waals surface area (Å²) in [6, 6.07) is 22.1. The highest BCUT2D eigenvalue weighted by atomic mass is 32.1. The molecule has 4 aromatic rings. The van der Waals surface area contributed by atoms with E-state index in [1.807, 2.05) is 23.6 Å². The molecule has 0 fully saturated rings. The van der Waals surface area contributed by atoms with Gasteiger partial charge >= 0.3 is 0 Å². The number of benzene rings is 3. The summed E-state index contributed by atoms with van der Waals surface area (Å²) in [5.74, 6) is 0.932. The number of allylic oxidation sites excluding steroid dienone is 2. The predicted octanol–water partition coefficient (Wildman–Crippen LogP) is 7.40. The number of fused-ring (bicyclic) bond motifs is 5. The van der Waals surface area contributed by atoms with E-state index in [1.54, 1.807) is 0 Å². The van der Waals surface area contributed by atoms with Crippen LogP contribution in [-0.4, -0.2) is 12.1 Å². The summed E-state index contributed by atoms with van der Waals surface area (Å²) in [7, 11) is 0. The second-order valence-corrected chi connectivity index (χ2v) is 9.66. The molecule has 2 nitrogen and oxygen atoms in total. The van der Waals surface area contributed by atoms with Gasteiger partial charge in [-0.25, -0.2) is 0 Å². The van der Waals surface area contributed by atoms with E-state index < -0.39 is 0 Å². The average Bonchev–Trinajstić information content (AvgIpc) is 3.27. The van der Waals surface area contributed by atoms with Gasteiger partial charge in [0, 0.05) is 25.7 Å². The highest BCUT2D eigenvalue weighted by Crippen LogP contribution is 2.41. The minimum absolute atomic E-state index is 0.0709. The van der Waals surface area contributed by atoms with Crippen molar-refractivity contribution in [3.05, 3.63) is 120 Å². The Bertz CT molecular complexity index is 1580. The van der Waals surface area contributed by atoms with Crippen LogP contribution in [0.3, 0.4) is 0 Å². The van der Waals surface area contributed by atoms with Gasteiger partial charge in [-0.2, -0.15) is 0 Å². The van der Waals surface area contributed by atoms with Gasteiger partial charge in [0.1, 0.15) is 11.9 Å². The number of dihydropyridines is 1. The van der Waals surface area contributed by atoms with Crippen LogP contribution in [0.2, 0.25) is 0 Å². The van der Waals surface area contributed by atoms with E-state index in [-0.39, 0.29) is 12.1 Å². The molecule has 1 aromatic heterocycles. The summed E-state index contributed by atoms with van der Waals surface area (Å²) in [4.78, 5) is 0. The van der Waals surface area contributed by atoms with Gasteiger partial charge in [0.05, 0.1) is 6.04 Å². The minimum atomic E-state index is -0.0709. The molecule has 1 N–H and O–H groups in total. The van der Waals surface area contributed by atoms with Gasteiger partial charge in [0.25, 0.3) is 0 Å². The maximum absolute atomic E-state index is 6.41. The smallest absolute Gasteiger partial charge is 0.142 e. The average molecular weight is 444 g/mol. The third-order valence-corrected chi connectivity index (χ3v) is 7.81. The Morgan fingerprint density at radius 1 is 0.848 bits per heavy atom. The third-order valence-electron chi connectivity index (χ3n) is 6.59. The number of hydrogen-bond donors (Lipinski definition) is 1. The van der Waals surface area contributed by atoms with E-state index in [4.69, 9.17) is 4.74 Å². The normalized spacial score (nSPS) is 20.6. The van der Waals surface area contributed by atoms with Gasteiger partial charge in [0.2, 0.25) is 0 Å². The van der Waals surface area contributed by atoms with Crippen LogP contribution in [0, 0.1) is 0 Å². The molecule has 2 atom stereocenters. The van der Waals surface area contributed by atoms with Crippen molar-refractivity contribution < 1.29 is 4.74 Å². The molecule has 3 heterocycles. The van der Waals surface area contributed by atoms with Crippen molar-refractivity contribution in [3.8, 4) is 16.9 Å². The first-order valence-electron chi connectivity index (χ1n) is 11.3. The standard InChI is InChI=1S/C30H21NOS/c1-2-9-29-24(6-1)25-8-3-7-23(30(25)33-29)19-11-14-27-22(17-19)12-15-28(32-27)21-10-13-26-20(18-21)5-4-16-31-26/h1-18,26,28,31H. The molecule has 7 rings (SSSR count). The molecule has 0 bridgehead atoms. The van der Waals surface area contributed by atoms with E-state index in [0.29, 0.717) is 0 Å². The molecule has 158 valence electrons. The SMILES string of the molecule is C1=CNC2C=CC(C3C=Cc4cc(-c5cccc6c5sc5ccccc56)ccc4O3)=CC2=C1. The number of nitrogens with one attached hydrogen (secondary N) is 1. The Labute approximate surface area is 196 Å². The molecule has 2 unspecified atom stereocenters. The summed E-state index contributed by atoms with van der Waals surface area (Å²) in [5, 5.41) is 6.02. The third kappa shape index (κ3) is 3.08. The van der Waals surface area contributed by atoms with Gasteiger partial charge in [-0.1, -0.05) is 66.8 Å². The molecule has 0 radical (unpaired) electrons. The molecule has 1 aliphatic carbocycles. The number of ether oxygens (including phenoxy) is 1. The molecule has 2 aliphatic heterocycles. The van der Waals surface area contributed by atoms with Crippen LogP contribution in [0.5, 0.6) is 5.75 Å². The van der Waals surface area contributed by atoms with Gasteiger partial charge in [-0.3, -0.25) is 0 Å². The Hall–Kier alpha value is -3.82. The molecule has 0 amide bonds. The molecule has 3 aliphatic rings. The summed E-state index contributed by atoms with van der Waals surface area (Å²) < 4.78 is 9.08. The summed E-state index contributed by atoms with van der Waals surface area (Å²) in [6.07, 6.45) is 17.1. The predicted molar refractivity (Wildman–Crippen MR) is 140 cm³/mol. The Balaban J connectivity index is 1.24. The van der Waals surface area contributed by atoms with Crippen LogP contribution in [0.15, 0.2) is 114 Å². The molecule has 33 heavy (non-hydrogen) atoms. The monoisotopic (exact) mass is 443 g/mol. The first-order chi connectivity index (χ1) is 16.3. The number of rotatable bonds is 2. The van der Waals surface area contributed by atoms with Gasteiger partial charge in [0.15, 0.2) is 0 Å². The van der Waals surface area contributed by atoms with E-state index in [2.05, 4.69) is 102 Å². The highest BCUT2D eigenvalue weighted by molar-refractivity contribution is 7.26. The van der Waals surface area contributed by atoms with Crippen molar-refractivity contribution in [3.63, 3.8) is 0 Å². The first kappa shape index (κ1) is 18.7. The quantitative estimate of drug-likeness (QED) is 0.348. The van der Waals surface area contributed by atoms with Crippen LogP contribution in [-0.2, 0) is 0 Å². The van der Waals surface area contributed by atoms with E-state index in [0.717, 1.165) is 11.3 Å². The lowest BCUT2D eigenvalue weighted by molar-refractivity contribution is 0.283. The van der Waals surface area contributed by atoms with Crippen LogP contribution >= 0.6 is 11.3 Å². The van der Waals surface area contributed by atoms with Crippen molar-refractivity contribution in [1.82, 2.24) is 5.32 Å². The van der Waals surface area contributed by atoms with Crippen molar-refractivity contribution in [2.75, 3.05) is 0 Å². The fourth-order valence-electron chi connectivity index (χ4n) is 4.92. The van der Waals surface area contributed by atoms with E-state index >= 15 is 0 Å². The van der Waals surface area contributed by atoms with Gasteiger partial charge in [-0.15, -0.1) is 11.3 Å². The zero-order valence-electron chi connectivity index (χ0n) is 17.9. The highest BCUT2D eigenvalue weighted by Gasteiger charge is 2.22. The maximum Gasteiger partial charge on any atom is 0.142 e. The number of thiophene rings is 1. The summed E-state index contributed by atoms with van der Waals surface area (Å²) >= 11 is 1.87. The fourth-order valence-corrected chi connectivity index (χ4v) is 6.16. The largest absolute Gasteiger partial charge is 0.481 e. The van der Waals surface area contributed by atoms with Crippen LogP contribution in [0.1, 0.15) is 5.56 Å². The van der Waals surface area contributed by atoms with Crippen molar-refractivity contribution in [2.45, 2.75) is 12.1 Å². The lowest BCUT2D eigenvalue weighted by Crippen LogP contribution is -2.29. The molecular formula is C30H21NOS. The van der Waals surface area contributed by atoms with Gasteiger partial charge in [-0.05, 0) is 64.9 Å². The Morgan fingerprint density at radius 3 is 2.79 bits per heavy atom. The lowest BCUT2D eigenvalue weighted by atomic mass is 9.91. The van der Waals surface area contributed by atoms with E-state index in [1.165, 1.54) is 42.4 Å². The zero-order valence-corrected chi connectivity index (χ0v) is 18.7. The topological polar surface area (TPSA) is 21.3 Å². The van der Waals surface area contributed by atoms with Crippen LogP contribution in [0.4, 0.5) is 0 Å². The van der Waals surface area contributed by atoms with Crippen molar-refractivity contribution in [2.24, 2.45) is 0 Å². The molecule has 3 aromatic carbocycles. The number of hydrogen-bond acceptors (Lipinski definition) is 3. The molecule has 3 heteroatoms. The minimum Gasteiger partial charge on any atom is -0.481 e. The summed E-state index contributed by atoms with van der Waals surface area (Å²) in [6.45, 7) is 0. The van der Waals surface area contributed by atoms with Gasteiger partial charge < -0.3 is 10.1 Å².